The topological polar surface area (TPSA) is 9.23 Å². The smallest absolute Gasteiger partial charge is 0.170 e. The minimum absolute atomic E-state index is 0.692. The summed E-state index contributed by atoms with van der Waals surface area (Å²) in [7, 11) is -0.738. The van der Waals surface area contributed by atoms with E-state index in [1.807, 2.05) is 25.1 Å². The lowest BCUT2D eigenvalue weighted by Gasteiger charge is -2.08. The zero-order valence-corrected chi connectivity index (χ0v) is 9.85. The summed E-state index contributed by atoms with van der Waals surface area (Å²) in [5.41, 5.74) is 3.97. The molecule has 1 unspecified atom stereocenters. The van der Waals surface area contributed by atoms with E-state index in [0.29, 0.717) is 6.61 Å². The fourth-order valence-corrected chi connectivity index (χ4v) is 3.42. The largest absolute Gasteiger partial charge is 0.338 e. The molecule has 0 fully saturated rings. The molecule has 0 heterocycles. The maximum atomic E-state index is 5.40. The normalized spacial score (nSPS) is 12.0. The third kappa shape index (κ3) is 4.15. The Morgan fingerprint density at radius 2 is 2.14 bits per heavy atom. The molecule has 0 saturated heterocycles. The van der Waals surface area contributed by atoms with Crippen molar-refractivity contribution in [1.82, 2.24) is 0 Å². The van der Waals surface area contributed by atoms with Crippen LogP contribution in [0.1, 0.15) is 12.5 Å². The quantitative estimate of drug-likeness (QED) is 0.555. The zero-order chi connectivity index (χ0) is 10.2. The molecule has 1 nitrogen and oxygen atoms in total. The molecule has 0 amide bonds. The minimum Gasteiger partial charge on any atom is -0.338 e. The molecule has 3 heteroatoms. The highest BCUT2D eigenvalue weighted by Gasteiger charge is 2.04. The SMILES string of the molecule is C#CP(OCC)SCc1ccccc1. The van der Waals surface area contributed by atoms with E-state index in [1.54, 1.807) is 11.4 Å². The van der Waals surface area contributed by atoms with Crippen molar-refractivity contribution in [1.29, 1.82) is 0 Å². The molecule has 1 aromatic rings. The summed E-state index contributed by atoms with van der Waals surface area (Å²) in [6.07, 6.45) is 5.36. The van der Waals surface area contributed by atoms with Gasteiger partial charge in [-0.2, -0.15) is 0 Å². The molecule has 0 aromatic heterocycles. The van der Waals surface area contributed by atoms with Crippen molar-refractivity contribution in [3.8, 4) is 12.1 Å². The van der Waals surface area contributed by atoms with Crippen molar-refractivity contribution in [2.75, 3.05) is 6.61 Å². The molecule has 0 aliphatic carbocycles. The van der Waals surface area contributed by atoms with Crippen LogP contribution in [0, 0.1) is 12.1 Å². The lowest BCUT2D eigenvalue weighted by atomic mass is 10.2. The van der Waals surface area contributed by atoms with Crippen LogP contribution in [0.2, 0.25) is 0 Å². The molecular weight excluding hydrogens is 211 g/mol. The number of rotatable bonds is 5. The van der Waals surface area contributed by atoms with Crippen molar-refractivity contribution < 1.29 is 4.52 Å². The molecule has 0 aliphatic heterocycles. The van der Waals surface area contributed by atoms with Crippen molar-refractivity contribution in [3.05, 3.63) is 35.9 Å². The van der Waals surface area contributed by atoms with Gasteiger partial charge in [0.25, 0.3) is 0 Å². The molecule has 14 heavy (non-hydrogen) atoms. The van der Waals surface area contributed by atoms with Gasteiger partial charge in [-0.15, -0.1) is 6.42 Å². The van der Waals surface area contributed by atoms with Gasteiger partial charge in [-0.1, -0.05) is 41.7 Å². The van der Waals surface area contributed by atoms with E-state index >= 15 is 0 Å². The van der Waals surface area contributed by atoms with Gasteiger partial charge in [0.1, 0.15) is 0 Å². The van der Waals surface area contributed by atoms with Crippen molar-refractivity contribution in [2.45, 2.75) is 12.7 Å². The Morgan fingerprint density at radius 3 is 2.71 bits per heavy atom. The van der Waals surface area contributed by atoms with E-state index in [4.69, 9.17) is 10.9 Å². The second-order valence-corrected chi connectivity index (χ2v) is 5.91. The van der Waals surface area contributed by atoms with Gasteiger partial charge in [-0.25, -0.2) is 0 Å². The highest BCUT2D eigenvalue weighted by Crippen LogP contribution is 2.50. The van der Waals surface area contributed by atoms with Gasteiger partial charge in [-0.05, 0) is 18.1 Å². The molecule has 0 bridgehead atoms. The highest BCUT2D eigenvalue weighted by atomic mass is 32.7. The third-order valence-corrected chi connectivity index (χ3v) is 4.67. The number of terminal acetylenes is 1. The summed E-state index contributed by atoms with van der Waals surface area (Å²) in [4.78, 5) is 0. The van der Waals surface area contributed by atoms with Crippen LogP contribution in [0.5, 0.6) is 0 Å². The average molecular weight is 224 g/mol. The van der Waals surface area contributed by atoms with Crippen LogP contribution >= 0.6 is 18.7 Å². The standard InChI is InChI=1S/C11H13OPS/c1-3-12-13(4-2)14-10-11-8-6-5-7-9-11/h2,5-9H,3,10H2,1H3. The van der Waals surface area contributed by atoms with E-state index in [9.17, 15) is 0 Å². The van der Waals surface area contributed by atoms with Gasteiger partial charge in [0.2, 0.25) is 0 Å². The summed E-state index contributed by atoms with van der Waals surface area (Å²) in [6.45, 7) is 2.66. The van der Waals surface area contributed by atoms with E-state index in [2.05, 4.69) is 17.8 Å². The Balaban J connectivity index is 2.37. The van der Waals surface area contributed by atoms with Gasteiger partial charge in [0, 0.05) is 5.75 Å². The van der Waals surface area contributed by atoms with Crippen LogP contribution in [-0.2, 0) is 10.3 Å². The van der Waals surface area contributed by atoms with Crippen LogP contribution < -0.4 is 0 Å². The number of hydrogen-bond acceptors (Lipinski definition) is 2. The molecule has 0 N–H and O–H groups in total. The molecule has 0 saturated carbocycles. The summed E-state index contributed by atoms with van der Waals surface area (Å²) in [5, 5.41) is 0. The second-order valence-electron chi connectivity index (χ2n) is 2.56. The number of hydrogen-bond donors (Lipinski definition) is 0. The maximum Gasteiger partial charge on any atom is 0.170 e. The monoisotopic (exact) mass is 224 g/mol. The molecule has 74 valence electrons. The van der Waals surface area contributed by atoms with Crippen molar-refractivity contribution >= 4 is 18.7 Å². The zero-order valence-electron chi connectivity index (χ0n) is 8.14. The van der Waals surface area contributed by atoms with E-state index < -0.39 is 7.35 Å². The van der Waals surface area contributed by atoms with Gasteiger partial charge in [0.15, 0.2) is 7.35 Å². The molecule has 0 aliphatic rings. The second kappa shape index (κ2) is 6.90. The Labute approximate surface area is 90.8 Å². The van der Waals surface area contributed by atoms with Gasteiger partial charge in [-0.3, -0.25) is 0 Å². The number of benzene rings is 1. The van der Waals surface area contributed by atoms with Gasteiger partial charge >= 0.3 is 0 Å². The van der Waals surface area contributed by atoms with Crippen LogP contribution in [0.15, 0.2) is 30.3 Å². The van der Waals surface area contributed by atoms with Crippen LogP contribution in [-0.4, -0.2) is 6.61 Å². The molecule has 0 radical (unpaired) electrons. The first-order chi connectivity index (χ1) is 6.86. The Kier molecular flexibility index (Phi) is 5.71. The Morgan fingerprint density at radius 1 is 1.43 bits per heavy atom. The van der Waals surface area contributed by atoms with E-state index in [0.717, 1.165) is 5.75 Å². The van der Waals surface area contributed by atoms with E-state index in [1.165, 1.54) is 5.56 Å². The third-order valence-electron chi connectivity index (χ3n) is 1.54. The van der Waals surface area contributed by atoms with Crippen LogP contribution in [0.25, 0.3) is 0 Å². The fraction of sp³-hybridized carbons (Fsp3) is 0.273. The molecule has 0 spiro atoms. The van der Waals surface area contributed by atoms with Crippen LogP contribution in [0.4, 0.5) is 0 Å². The average Bonchev–Trinajstić information content (AvgIpc) is 2.25. The minimum atomic E-state index is -0.738. The predicted molar refractivity (Wildman–Crippen MR) is 65.1 cm³/mol. The molecule has 1 aromatic carbocycles. The van der Waals surface area contributed by atoms with Crippen molar-refractivity contribution in [2.24, 2.45) is 0 Å². The van der Waals surface area contributed by atoms with E-state index in [-0.39, 0.29) is 0 Å². The first-order valence-electron chi connectivity index (χ1n) is 4.43. The molecular formula is C11H13OPS. The van der Waals surface area contributed by atoms with Gasteiger partial charge in [0.05, 0.1) is 6.61 Å². The predicted octanol–water partition coefficient (Wildman–Crippen LogP) is 3.86. The molecule has 1 rings (SSSR count). The summed E-state index contributed by atoms with van der Waals surface area (Å²) < 4.78 is 5.40. The molecule has 1 atom stereocenters. The first-order valence-corrected chi connectivity index (χ1v) is 7.28. The Hall–Kier alpha value is -0.480. The fourth-order valence-electron chi connectivity index (χ4n) is 0.936. The summed E-state index contributed by atoms with van der Waals surface area (Å²) >= 11 is 1.71. The summed E-state index contributed by atoms with van der Waals surface area (Å²) in [5.74, 6) is 0.927. The first kappa shape index (κ1) is 11.6. The lowest BCUT2D eigenvalue weighted by molar-refractivity contribution is 0.392. The van der Waals surface area contributed by atoms with Crippen LogP contribution in [0.3, 0.4) is 0 Å². The lowest BCUT2D eigenvalue weighted by Crippen LogP contribution is -1.81. The van der Waals surface area contributed by atoms with Gasteiger partial charge < -0.3 is 4.52 Å². The van der Waals surface area contributed by atoms with Crippen molar-refractivity contribution in [3.63, 3.8) is 0 Å². The summed E-state index contributed by atoms with van der Waals surface area (Å²) in [6, 6.07) is 10.3. The highest BCUT2D eigenvalue weighted by molar-refractivity contribution is 8.55. The maximum absolute atomic E-state index is 5.40. The Bertz CT molecular complexity index is 294.